The molecule has 0 aromatic heterocycles. The molecular weight excluding hydrogens is 286 g/mol. The van der Waals surface area contributed by atoms with E-state index in [0.717, 1.165) is 10.2 Å². The van der Waals surface area contributed by atoms with Gasteiger partial charge in [0.1, 0.15) is 0 Å². The highest BCUT2D eigenvalue weighted by Gasteiger charge is 2.03. The fourth-order valence-electron chi connectivity index (χ4n) is 1.12. The summed E-state index contributed by atoms with van der Waals surface area (Å²) in [5.41, 5.74) is 0.722. The van der Waals surface area contributed by atoms with E-state index < -0.39 is 0 Å². The molecule has 1 rings (SSSR count). The Labute approximate surface area is 108 Å². The minimum atomic E-state index is -0.184. The van der Waals surface area contributed by atoms with Crippen LogP contribution in [0.3, 0.4) is 0 Å². The third-order valence-corrected chi connectivity index (χ3v) is 2.51. The summed E-state index contributed by atoms with van der Waals surface area (Å²) in [6, 6.07) is 7.27. The van der Waals surface area contributed by atoms with E-state index in [0.29, 0.717) is 0 Å². The summed E-state index contributed by atoms with van der Waals surface area (Å²) >= 11 is 3.31. The third kappa shape index (κ3) is 5.46. The Balaban J connectivity index is 2.30. The lowest BCUT2D eigenvalue weighted by molar-refractivity contribution is -0.119. The van der Waals surface area contributed by atoms with Crippen LogP contribution in [0.1, 0.15) is 0 Å². The molecule has 0 bridgehead atoms. The van der Waals surface area contributed by atoms with Gasteiger partial charge in [0, 0.05) is 17.2 Å². The van der Waals surface area contributed by atoms with Gasteiger partial charge < -0.3 is 10.6 Å². The SMILES string of the molecule is CNC(=O)CNCC(=O)Nc1ccc(Br)cc1. The molecule has 3 N–H and O–H groups in total. The highest BCUT2D eigenvalue weighted by molar-refractivity contribution is 9.10. The van der Waals surface area contributed by atoms with Gasteiger partial charge in [0.05, 0.1) is 13.1 Å². The Morgan fingerprint density at radius 1 is 1.12 bits per heavy atom. The molecule has 0 fully saturated rings. The summed E-state index contributed by atoms with van der Waals surface area (Å²) < 4.78 is 0.952. The smallest absolute Gasteiger partial charge is 0.238 e. The summed E-state index contributed by atoms with van der Waals surface area (Å²) in [4.78, 5) is 22.3. The van der Waals surface area contributed by atoms with E-state index in [1.807, 2.05) is 12.1 Å². The Hall–Kier alpha value is -1.40. The standard InChI is InChI=1S/C11H14BrN3O2/c1-13-10(16)6-14-7-11(17)15-9-4-2-8(12)3-5-9/h2-5,14H,6-7H2,1H3,(H,13,16)(H,15,17). The average Bonchev–Trinajstić information content (AvgIpc) is 2.32. The molecule has 0 saturated heterocycles. The Morgan fingerprint density at radius 2 is 1.71 bits per heavy atom. The first-order chi connectivity index (χ1) is 8.11. The van der Waals surface area contributed by atoms with E-state index in [4.69, 9.17) is 0 Å². The monoisotopic (exact) mass is 299 g/mol. The van der Waals surface area contributed by atoms with Crippen LogP contribution in [-0.2, 0) is 9.59 Å². The van der Waals surface area contributed by atoms with Crippen molar-refractivity contribution in [2.45, 2.75) is 0 Å². The quantitative estimate of drug-likeness (QED) is 0.750. The summed E-state index contributed by atoms with van der Waals surface area (Å²) in [6.07, 6.45) is 0. The topological polar surface area (TPSA) is 70.2 Å². The zero-order valence-corrected chi connectivity index (χ0v) is 11.0. The number of amides is 2. The summed E-state index contributed by atoms with van der Waals surface area (Å²) in [6.45, 7) is 0.230. The molecule has 2 amide bonds. The second kappa shape index (κ2) is 7.03. The van der Waals surface area contributed by atoms with Crippen LogP contribution >= 0.6 is 15.9 Å². The summed E-state index contributed by atoms with van der Waals surface area (Å²) in [5, 5.41) is 7.90. The number of rotatable bonds is 5. The fourth-order valence-corrected chi connectivity index (χ4v) is 1.38. The minimum absolute atomic E-state index is 0.101. The highest BCUT2D eigenvalue weighted by atomic mass is 79.9. The number of nitrogens with one attached hydrogen (secondary N) is 3. The van der Waals surface area contributed by atoms with Gasteiger partial charge in [0.25, 0.3) is 0 Å². The van der Waals surface area contributed by atoms with Crippen LogP contribution in [0.4, 0.5) is 5.69 Å². The second-order valence-electron chi connectivity index (χ2n) is 3.33. The van der Waals surface area contributed by atoms with Gasteiger partial charge in [0.15, 0.2) is 0 Å². The third-order valence-electron chi connectivity index (χ3n) is 1.98. The van der Waals surface area contributed by atoms with Gasteiger partial charge >= 0.3 is 0 Å². The fraction of sp³-hybridized carbons (Fsp3) is 0.273. The lowest BCUT2D eigenvalue weighted by Crippen LogP contribution is -2.36. The van der Waals surface area contributed by atoms with Crippen molar-refractivity contribution in [3.05, 3.63) is 28.7 Å². The number of hydrogen-bond acceptors (Lipinski definition) is 3. The van der Waals surface area contributed by atoms with E-state index in [-0.39, 0.29) is 24.9 Å². The molecule has 0 aliphatic heterocycles. The molecule has 1 aromatic rings. The lowest BCUT2D eigenvalue weighted by Gasteiger charge is -2.06. The first kappa shape index (κ1) is 13.7. The Morgan fingerprint density at radius 3 is 2.29 bits per heavy atom. The maximum Gasteiger partial charge on any atom is 0.238 e. The lowest BCUT2D eigenvalue weighted by atomic mass is 10.3. The number of halogens is 1. The molecule has 0 heterocycles. The van der Waals surface area contributed by atoms with E-state index in [1.165, 1.54) is 0 Å². The number of anilines is 1. The normalized spacial score (nSPS) is 9.76. The van der Waals surface area contributed by atoms with Gasteiger partial charge in [-0.1, -0.05) is 15.9 Å². The van der Waals surface area contributed by atoms with Crippen molar-refractivity contribution in [3.63, 3.8) is 0 Å². The molecule has 5 nitrogen and oxygen atoms in total. The number of hydrogen-bond donors (Lipinski definition) is 3. The predicted molar refractivity (Wildman–Crippen MR) is 69.7 cm³/mol. The number of benzene rings is 1. The summed E-state index contributed by atoms with van der Waals surface area (Å²) in [7, 11) is 1.55. The van der Waals surface area contributed by atoms with Crippen molar-refractivity contribution >= 4 is 33.4 Å². The first-order valence-electron chi connectivity index (χ1n) is 5.08. The predicted octanol–water partition coefficient (Wildman–Crippen LogP) is 0.723. The molecular formula is C11H14BrN3O2. The molecule has 92 valence electrons. The van der Waals surface area contributed by atoms with Crippen molar-refractivity contribution in [1.29, 1.82) is 0 Å². The van der Waals surface area contributed by atoms with E-state index in [9.17, 15) is 9.59 Å². The van der Waals surface area contributed by atoms with E-state index in [2.05, 4.69) is 31.9 Å². The molecule has 6 heteroatoms. The zero-order valence-electron chi connectivity index (χ0n) is 9.42. The van der Waals surface area contributed by atoms with Crippen molar-refractivity contribution in [2.75, 3.05) is 25.5 Å². The molecule has 17 heavy (non-hydrogen) atoms. The number of carbonyl (C=O) groups excluding carboxylic acids is 2. The summed E-state index contributed by atoms with van der Waals surface area (Å²) in [5.74, 6) is -0.335. The van der Waals surface area contributed by atoms with Crippen molar-refractivity contribution in [1.82, 2.24) is 10.6 Å². The molecule has 0 aliphatic carbocycles. The van der Waals surface area contributed by atoms with Crippen LogP contribution in [-0.4, -0.2) is 32.0 Å². The molecule has 0 radical (unpaired) electrons. The molecule has 0 atom stereocenters. The first-order valence-corrected chi connectivity index (χ1v) is 5.88. The largest absolute Gasteiger partial charge is 0.358 e. The maximum atomic E-state index is 11.5. The van der Waals surface area contributed by atoms with Gasteiger partial charge in [-0.3, -0.25) is 14.9 Å². The molecule has 0 spiro atoms. The highest BCUT2D eigenvalue weighted by Crippen LogP contribution is 2.13. The van der Waals surface area contributed by atoms with E-state index >= 15 is 0 Å². The van der Waals surface area contributed by atoms with Crippen LogP contribution in [0.15, 0.2) is 28.7 Å². The second-order valence-corrected chi connectivity index (χ2v) is 4.25. The number of likely N-dealkylation sites (N-methyl/N-ethyl adjacent to an activating group) is 1. The van der Waals surface area contributed by atoms with Crippen LogP contribution in [0, 0.1) is 0 Å². The molecule has 0 aliphatic rings. The van der Waals surface area contributed by atoms with Crippen LogP contribution in [0.5, 0.6) is 0 Å². The maximum absolute atomic E-state index is 11.5. The Kier molecular flexibility index (Phi) is 5.65. The number of carbonyl (C=O) groups is 2. The van der Waals surface area contributed by atoms with Crippen LogP contribution < -0.4 is 16.0 Å². The average molecular weight is 300 g/mol. The van der Waals surface area contributed by atoms with Gasteiger partial charge in [-0.05, 0) is 24.3 Å². The minimum Gasteiger partial charge on any atom is -0.358 e. The van der Waals surface area contributed by atoms with Crippen LogP contribution in [0.2, 0.25) is 0 Å². The zero-order chi connectivity index (χ0) is 12.7. The van der Waals surface area contributed by atoms with Crippen molar-refractivity contribution in [2.24, 2.45) is 0 Å². The molecule has 1 aromatic carbocycles. The van der Waals surface area contributed by atoms with Gasteiger partial charge in [0.2, 0.25) is 11.8 Å². The van der Waals surface area contributed by atoms with Gasteiger partial charge in [-0.15, -0.1) is 0 Å². The van der Waals surface area contributed by atoms with Crippen molar-refractivity contribution < 1.29 is 9.59 Å². The molecule has 0 unspecified atom stereocenters. The van der Waals surface area contributed by atoms with E-state index in [1.54, 1.807) is 19.2 Å². The van der Waals surface area contributed by atoms with Crippen LogP contribution in [0.25, 0.3) is 0 Å². The van der Waals surface area contributed by atoms with Gasteiger partial charge in [-0.25, -0.2) is 0 Å². The Bertz CT molecular complexity index is 392. The molecule has 0 saturated carbocycles. The van der Waals surface area contributed by atoms with Crippen molar-refractivity contribution in [3.8, 4) is 0 Å². The van der Waals surface area contributed by atoms with Gasteiger partial charge in [-0.2, -0.15) is 0 Å².